The summed E-state index contributed by atoms with van der Waals surface area (Å²) < 4.78 is 11.1. The fourth-order valence-corrected chi connectivity index (χ4v) is 3.87. The van der Waals surface area contributed by atoms with Gasteiger partial charge in [-0.1, -0.05) is 37.1 Å². The summed E-state index contributed by atoms with van der Waals surface area (Å²) in [4.78, 5) is 27.6. The van der Waals surface area contributed by atoms with Gasteiger partial charge >= 0.3 is 0 Å². The van der Waals surface area contributed by atoms with Crippen LogP contribution in [-0.2, 0) is 0 Å². The monoisotopic (exact) mass is 377 g/mol. The molecule has 0 radical (unpaired) electrons. The summed E-state index contributed by atoms with van der Waals surface area (Å²) in [5, 5.41) is 0.488. The van der Waals surface area contributed by atoms with E-state index >= 15 is 0 Å². The second-order valence-corrected chi connectivity index (χ2v) is 7.11. The molecule has 1 aromatic heterocycles. The topological polar surface area (TPSA) is 59.8 Å². The van der Waals surface area contributed by atoms with Gasteiger partial charge in [-0.05, 0) is 42.7 Å². The van der Waals surface area contributed by atoms with E-state index in [1.54, 1.807) is 31.4 Å². The summed E-state index contributed by atoms with van der Waals surface area (Å²) >= 11 is 0. The van der Waals surface area contributed by atoms with Gasteiger partial charge in [0.05, 0.1) is 18.5 Å². The van der Waals surface area contributed by atoms with Crippen LogP contribution in [0.3, 0.4) is 0 Å². The molecule has 0 spiro atoms. The van der Waals surface area contributed by atoms with Crippen molar-refractivity contribution < 1.29 is 13.9 Å². The SMILES string of the molecule is COc1ccc([C@@H]2CCCCCN2C(=O)c2cc(=O)c3ccccc3o2)cc1. The Morgan fingerprint density at radius 3 is 2.64 bits per heavy atom. The number of ether oxygens (including phenoxy) is 1. The number of amides is 1. The maximum Gasteiger partial charge on any atom is 0.290 e. The number of carbonyl (C=O) groups excluding carboxylic acids is 1. The largest absolute Gasteiger partial charge is 0.497 e. The summed E-state index contributed by atoms with van der Waals surface area (Å²) in [7, 11) is 1.64. The molecule has 1 amide bonds. The van der Waals surface area contributed by atoms with Crippen LogP contribution in [0.15, 0.2) is 63.8 Å². The predicted molar refractivity (Wildman–Crippen MR) is 108 cm³/mol. The average molecular weight is 377 g/mol. The van der Waals surface area contributed by atoms with Gasteiger partial charge in [0.25, 0.3) is 5.91 Å². The van der Waals surface area contributed by atoms with Crippen molar-refractivity contribution in [1.29, 1.82) is 0 Å². The van der Waals surface area contributed by atoms with Crippen LogP contribution in [0.2, 0.25) is 0 Å². The zero-order chi connectivity index (χ0) is 19.5. The summed E-state index contributed by atoms with van der Waals surface area (Å²) in [5.74, 6) is 0.658. The van der Waals surface area contributed by atoms with Crippen molar-refractivity contribution in [3.63, 3.8) is 0 Å². The molecule has 0 aliphatic carbocycles. The Morgan fingerprint density at radius 2 is 1.86 bits per heavy atom. The molecule has 5 nitrogen and oxygen atoms in total. The molecule has 5 heteroatoms. The van der Waals surface area contributed by atoms with E-state index in [0.29, 0.717) is 17.5 Å². The van der Waals surface area contributed by atoms with Crippen molar-refractivity contribution in [3.8, 4) is 5.75 Å². The van der Waals surface area contributed by atoms with Gasteiger partial charge < -0.3 is 14.1 Å². The number of hydrogen-bond donors (Lipinski definition) is 0. The van der Waals surface area contributed by atoms with Crippen molar-refractivity contribution in [3.05, 3.63) is 76.1 Å². The van der Waals surface area contributed by atoms with Gasteiger partial charge in [0.15, 0.2) is 11.2 Å². The van der Waals surface area contributed by atoms with Crippen molar-refractivity contribution in [1.82, 2.24) is 4.90 Å². The fraction of sp³-hybridized carbons (Fsp3) is 0.304. The van der Waals surface area contributed by atoms with Crippen LogP contribution < -0.4 is 10.2 Å². The second kappa shape index (κ2) is 7.89. The van der Waals surface area contributed by atoms with Crippen molar-refractivity contribution >= 4 is 16.9 Å². The third-order valence-electron chi connectivity index (χ3n) is 5.36. The minimum absolute atomic E-state index is 0.0438. The number of nitrogens with zero attached hydrogens (tertiary/aromatic N) is 1. The van der Waals surface area contributed by atoms with E-state index in [1.165, 1.54) is 6.07 Å². The van der Waals surface area contributed by atoms with Crippen LogP contribution >= 0.6 is 0 Å². The second-order valence-electron chi connectivity index (χ2n) is 7.11. The van der Waals surface area contributed by atoms with E-state index in [-0.39, 0.29) is 23.1 Å². The number of fused-ring (bicyclic) bond motifs is 1. The Bertz CT molecular complexity index is 1040. The van der Waals surface area contributed by atoms with Crippen LogP contribution in [0.1, 0.15) is 47.8 Å². The maximum absolute atomic E-state index is 13.3. The zero-order valence-electron chi connectivity index (χ0n) is 15.9. The molecule has 4 rings (SSSR count). The van der Waals surface area contributed by atoms with Gasteiger partial charge in [0.1, 0.15) is 11.3 Å². The molecule has 28 heavy (non-hydrogen) atoms. The molecule has 1 aliphatic heterocycles. The highest BCUT2D eigenvalue weighted by Gasteiger charge is 2.29. The predicted octanol–water partition coefficient (Wildman–Crippen LogP) is 4.56. The number of carbonyl (C=O) groups is 1. The van der Waals surface area contributed by atoms with E-state index in [1.807, 2.05) is 29.2 Å². The lowest BCUT2D eigenvalue weighted by Crippen LogP contribution is -2.35. The van der Waals surface area contributed by atoms with Crippen LogP contribution in [0.5, 0.6) is 5.75 Å². The number of likely N-dealkylation sites (tertiary alicyclic amines) is 1. The first-order valence-corrected chi connectivity index (χ1v) is 9.65. The smallest absolute Gasteiger partial charge is 0.290 e. The molecule has 1 fully saturated rings. The van der Waals surface area contributed by atoms with E-state index in [0.717, 1.165) is 37.0 Å². The molecule has 1 atom stereocenters. The van der Waals surface area contributed by atoms with E-state index < -0.39 is 0 Å². The quantitative estimate of drug-likeness (QED) is 0.671. The first kappa shape index (κ1) is 18.3. The molecule has 0 N–H and O–H groups in total. The molecule has 1 aliphatic rings. The fourth-order valence-electron chi connectivity index (χ4n) is 3.87. The lowest BCUT2D eigenvalue weighted by atomic mass is 10.0. The number of para-hydroxylation sites is 1. The van der Waals surface area contributed by atoms with Crippen LogP contribution in [0.4, 0.5) is 0 Å². The third-order valence-corrected chi connectivity index (χ3v) is 5.36. The molecule has 1 saturated heterocycles. The minimum atomic E-state index is -0.231. The average Bonchev–Trinajstić information content (AvgIpc) is 2.99. The van der Waals surface area contributed by atoms with Gasteiger partial charge in [-0.25, -0.2) is 0 Å². The van der Waals surface area contributed by atoms with Gasteiger partial charge in [-0.3, -0.25) is 9.59 Å². The zero-order valence-corrected chi connectivity index (χ0v) is 15.9. The first-order valence-electron chi connectivity index (χ1n) is 9.65. The molecule has 2 heterocycles. The number of benzene rings is 2. The van der Waals surface area contributed by atoms with E-state index in [4.69, 9.17) is 9.15 Å². The summed E-state index contributed by atoms with van der Waals surface area (Å²) in [5.41, 5.74) is 1.31. The number of methoxy groups -OCH3 is 1. The minimum Gasteiger partial charge on any atom is -0.497 e. The Labute approximate surface area is 163 Å². The van der Waals surface area contributed by atoms with Crippen molar-refractivity contribution in [2.75, 3.05) is 13.7 Å². The van der Waals surface area contributed by atoms with Crippen LogP contribution in [0, 0.1) is 0 Å². The third kappa shape index (κ3) is 3.52. The molecular weight excluding hydrogens is 354 g/mol. The number of rotatable bonds is 3. The highest BCUT2D eigenvalue weighted by atomic mass is 16.5. The highest BCUT2D eigenvalue weighted by Crippen LogP contribution is 2.32. The lowest BCUT2D eigenvalue weighted by molar-refractivity contribution is 0.0648. The van der Waals surface area contributed by atoms with Gasteiger partial charge in [0, 0.05) is 12.6 Å². The molecule has 2 aromatic carbocycles. The van der Waals surface area contributed by atoms with Crippen LogP contribution in [0.25, 0.3) is 11.0 Å². The molecule has 0 unspecified atom stereocenters. The normalized spacial score (nSPS) is 17.3. The van der Waals surface area contributed by atoms with E-state index in [9.17, 15) is 9.59 Å². The molecular formula is C23H23NO4. The Hall–Kier alpha value is -3.08. The number of hydrogen-bond acceptors (Lipinski definition) is 4. The van der Waals surface area contributed by atoms with Gasteiger partial charge in [-0.15, -0.1) is 0 Å². The van der Waals surface area contributed by atoms with Crippen molar-refractivity contribution in [2.45, 2.75) is 31.7 Å². The summed E-state index contributed by atoms with van der Waals surface area (Å²) in [6, 6.07) is 16.1. The Morgan fingerprint density at radius 1 is 1.07 bits per heavy atom. The first-order chi connectivity index (χ1) is 13.7. The highest BCUT2D eigenvalue weighted by molar-refractivity contribution is 5.93. The molecule has 3 aromatic rings. The van der Waals surface area contributed by atoms with E-state index in [2.05, 4.69) is 0 Å². The van der Waals surface area contributed by atoms with Gasteiger partial charge in [0.2, 0.25) is 0 Å². The lowest BCUT2D eigenvalue weighted by Gasteiger charge is -2.30. The van der Waals surface area contributed by atoms with Crippen molar-refractivity contribution in [2.24, 2.45) is 0 Å². The Balaban J connectivity index is 1.71. The summed E-state index contributed by atoms with van der Waals surface area (Å²) in [6.45, 7) is 0.645. The summed E-state index contributed by atoms with van der Waals surface area (Å²) in [6.07, 6.45) is 3.96. The standard InChI is InChI=1S/C23H23NO4/c1-27-17-12-10-16(11-13-17)19-8-3-2-6-14-24(19)23(26)22-15-20(25)18-7-4-5-9-21(18)28-22/h4-5,7,9-13,15,19H,2-3,6,8,14H2,1H3/t19-/m0/s1. The van der Waals surface area contributed by atoms with Gasteiger partial charge in [-0.2, -0.15) is 0 Å². The maximum atomic E-state index is 13.3. The molecule has 0 saturated carbocycles. The molecule has 144 valence electrons. The van der Waals surface area contributed by atoms with Crippen LogP contribution in [-0.4, -0.2) is 24.5 Å². The molecule has 0 bridgehead atoms. The Kier molecular flexibility index (Phi) is 5.15.